The zero-order valence-corrected chi connectivity index (χ0v) is 12.6. The Morgan fingerprint density at radius 1 is 1.16 bits per heavy atom. The maximum atomic E-state index is 12.2. The summed E-state index contributed by atoms with van der Waals surface area (Å²) in [5.41, 5.74) is 7.47. The zero-order chi connectivity index (χ0) is 14.0. The van der Waals surface area contributed by atoms with E-state index in [4.69, 9.17) is 5.73 Å². The fourth-order valence-electron chi connectivity index (χ4n) is 1.69. The lowest BCUT2D eigenvalue weighted by Crippen LogP contribution is -2.13. The van der Waals surface area contributed by atoms with Crippen molar-refractivity contribution in [2.75, 3.05) is 10.5 Å². The van der Waals surface area contributed by atoms with Crippen LogP contribution in [-0.4, -0.2) is 8.42 Å². The molecule has 2 aromatic rings. The molecule has 4 nitrogen and oxygen atoms in total. The van der Waals surface area contributed by atoms with E-state index < -0.39 is 10.0 Å². The lowest BCUT2D eigenvalue weighted by atomic mass is 10.2. The summed E-state index contributed by atoms with van der Waals surface area (Å²) in [4.78, 5) is 0.144. The summed E-state index contributed by atoms with van der Waals surface area (Å²) < 4.78 is 27.7. The normalized spacial score (nSPS) is 11.3. The minimum Gasteiger partial charge on any atom is -0.399 e. The van der Waals surface area contributed by atoms with Crippen LogP contribution in [0.15, 0.2) is 51.8 Å². The van der Waals surface area contributed by atoms with Gasteiger partial charge in [0.05, 0.1) is 10.6 Å². The maximum absolute atomic E-state index is 12.2. The van der Waals surface area contributed by atoms with Crippen molar-refractivity contribution >= 4 is 37.3 Å². The first-order chi connectivity index (χ1) is 8.87. The third kappa shape index (κ3) is 3.48. The van der Waals surface area contributed by atoms with Crippen molar-refractivity contribution in [2.45, 2.75) is 11.8 Å². The van der Waals surface area contributed by atoms with E-state index in [9.17, 15) is 8.42 Å². The van der Waals surface area contributed by atoms with Gasteiger partial charge in [-0.3, -0.25) is 4.72 Å². The van der Waals surface area contributed by atoms with Gasteiger partial charge in [-0.2, -0.15) is 0 Å². The molecule has 0 saturated heterocycles. The lowest BCUT2D eigenvalue weighted by molar-refractivity contribution is 0.601. The molecule has 2 rings (SSSR count). The van der Waals surface area contributed by atoms with Crippen molar-refractivity contribution in [2.24, 2.45) is 0 Å². The summed E-state index contributed by atoms with van der Waals surface area (Å²) in [6.07, 6.45) is 0. The van der Waals surface area contributed by atoms with E-state index in [0.29, 0.717) is 11.4 Å². The van der Waals surface area contributed by atoms with Crippen molar-refractivity contribution in [3.8, 4) is 0 Å². The quantitative estimate of drug-likeness (QED) is 0.843. The molecular weight excluding hydrogens is 328 g/mol. The van der Waals surface area contributed by atoms with Gasteiger partial charge < -0.3 is 5.73 Å². The number of hydrogen-bond acceptors (Lipinski definition) is 3. The predicted octanol–water partition coefficient (Wildman–Crippen LogP) is 3.14. The van der Waals surface area contributed by atoms with Crippen LogP contribution in [0, 0.1) is 6.92 Å². The Balaban J connectivity index is 2.36. The maximum Gasteiger partial charge on any atom is 0.261 e. The predicted molar refractivity (Wildman–Crippen MR) is 80.5 cm³/mol. The molecule has 2 aromatic carbocycles. The number of sulfonamides is 1. The van der Waals surface area contributed by atoms with Crippen molar-refractivity contribution in [1.29, 1.82) is 0 Å². The van der Waals surface area contributed by atoms with Gasteiger partial charge in [0.25, 0.3) is 10.0 Å². The molecule has 0 amide bonds. The van der Waals surface area contributed by atoms with Gasteiger partial charge in [0, 0.05) is 10.2 Å². The van der Waals surface area contributed by atoms with Gasteiger partial charge in [-0.05, 0) is 48.9 Å². The number of hydrogen-bond donors (Lipinski definition) is 2. The Morgan fingerprint density at radius 3 is 2.53 bits per heavy atom. The standard InChI is InChI=1S/C13H13BrN2O2S/c1-9-5-10(14)7-12(6-9)16-19(17,18)13-4-2-3-11(15)8-13/h2-8,16H,15H2,1H3. The van der Waals surface area contributed by atoms with E-state index in [1.54, 1.807) is 24.3 Å². The molecule has 0 saturated carbocycles. The summed E-state index contributed by atoms with van der Waals surface area (Å²) in [7, 11) is -3.62. The third-order valence-electron chi connectivity index (χ3n) is 2.46. The molecule has 0 atom stereocenters. The lowest BCUT2D eigenvalue weighted by Gasteiger charge is -2.09. The van der Waals surface area contributed by atoms with Crippen LogP contribution in [0.3, 0.4) is 0 Å². The number of rotatable bonds is 3. The van der Waals surface area contributed by atoms with Crippen LogP contribution in [0.25, 0.3) is 0 Å². The van der Waals surface area contributed by atoms with Crippen LogP contribution in [0.5, 0.6) is 0 Å². The summed E-state index contributed by atoms with van der Waals surface area (Å²) in [6, 6.07) is 11.5. The largest absolute Gasteiger partial charge is 0.399 e. The number of halogens is 1. The number of benzene rings is 2. The van der Waals surface area contributed by atoms with Gasteiger partial charge in [-0.25, -0.2) is 8.42 Å². The zero-order valence-electron chi connectivity index (χ0n) is 10.2. The molecule has 0 aliphatic rings. The number of nitrogen functional groups attached to an aromatic ring is 1. The first-order valence-electron chi connectivity index (χ1n) is 5.52. The highest BCUT2D eigenvalue weighted by atomic mass is 79.9. The van der Waals surface area contributed by atoms with Crippen LogP contribution < -0.4 is 10.5 Å². The van der Waals surface area contributed by atoms with Crippen LogP contribution in [0.2, 0.25) is 0 Å². The molecule has 0 bridgehead atoms. The molecule has 0 radical (unpaired) electrons. The second kappa shape index (κ2) is 5.22. The minimum atomic E-state index is -3.62. The first-order valence-corrected chi connectivity index (χ1v) is 7.80. The second-order valence-electron chi connectivity index (χ2n) is 4.20. The van der Waals surface area contributed by atoms with Gasteiger partial charge in [0.15, 0.2) is 0 Å². The topological polar surface area (TPSA) is 72.2 Å². The number of aryl methyl sites for hydroxylation is 1. The highest BCUT2D eigenvalue weighted by Gasteiger charge is 2.14. The molecule has 100 valence electrons. The minimum absolute atomic E-state index is 0.144. The molecule has 6 heteroatoms. The van der Waals surface area contributed by atoms with Crippen molar-refractivity contribution in [1.82, 2.24) is 0 Å². The third-order valence-corrected chi connectivity index (χ3v) is 4.30. The van der Waals surface area contributed by atoms with Gasteiger partial charge in [-0.15, -0.1) is 0 Å². The number of anilines is 2. The average Bonchev–Trinajstić information content (AvgIpc) is 2.26. The van der Waals surface area contributed by atoms with E-state index in [-0.39, 0.29) is 4.90 Å². The average molecular weight is 341 g/mol. The van der Waals surface area contributed by atoms with Crippen molar-refractivity contribution < 1.29 is 8.42 Å². The van der Waals surface area contributed by atoms with E-state index in [2.05, 4.69) is 20.7 Å². The van der Waals surface area contributed by atoms with E-state index >= 15 is 0 Å². The molecule has 0 aliphatic heterocycles. The Hall–Kier alpha value is -1.53. The van der Waals surface area contributed by atoms with Crippen molar-refractivity contribution in [3.05, 3.63) is 52.5 Å². The Morgan fingerprint density at radius 2 is 1.89 bits per heavy atom. The Kier molecular flexibility index (Phi) is 3.82. The number of nitrogens with two attached hydrogens (primary N) is 1. The van der Waals surface area contributed by atoms with E-state index in [1.807, 2.05) is 13.0 Å². The van der Waals surface area contributed by atoms with Crippen molar-refractivity contribution in [3.63, 3.8) is 0 Å². The molecule has 0 spiro atoms. The molecule has 0 heterocycles. The smallest absolute Gasteiger partial charge is 0.261 e. The molecule has 0 fully saturated rings. The SMILES string of the molecule is Cc1cc(Br)cc(NS(=O)(=O)c2cccc(N)c2)c1. The van der Waals surface area contributed by atoms with E-state index in [0.717, 1.165) is 10.0 Å². The fraction of sp³-hybridized carbons (Fsp3) is 0.0769. The molecule has 19 heavy (non-hydrogen) atoms. The first kappa shape index (κ1) is 13.9. The molecule has 0 unspecified atom stereocenters. The van der Waals surface area contributed by atoms with Crippen LogP contribution in [0.1, 0.15) is 5.56 Å². The summed E-state index contributed by atoms with van der Waals surface area (Å²) in [6.45, 7) is 1.89. The second-order valence-corrected chi connectivity index (χ2v) is 6.79. The van der Waals surface area contributed by atoms with Gasteiger partial charge in [0.1, 0.15) is 0 Å². The van der Waals surface area contributed by atoms with Gasteiger partial charge >= 0.3 is 0 Å². The summed E-state index contributed by atoms with van der Waals surface area (Å²) in [5.74, 6) is 0. The summed E-state index contributed by atoms with van der Waals surface area (Å²) >= 11 is 3.33. The molecule has 0 aliphatic carbocycles. The monoisotopic (exact) mass is 340 g/mol. The van der Waals surface area contributed by atoms with Gasteiger partial charge in [0.2, 0.25) is 0 Å². The molecular formula is C13H13BrN2O2S. The highest BCUT2D eigenvalue weighted by molar-refractivity contribution is 9.10. The van der Waals surface area contributed by atoms with Crippen LogP contribution >= 0.6 is 15.9 Å². The molecule has 0 aromatic heterocycles. The number of nitrogens with one attached hydrogen (secondary N) is 1. The Bertz CT molecular complexity index is 694. The highest BCUT2D eigenvalue weighted by Crippen LogP contribution is 2.22. The van der Waals surface area contributed by atoms with Crippen LogP contribution in [-0.2, 0) is 10.0 Å². The van der Waals surface area contributed by atoms with Gasteiger partial charge in [-0.1, -0.05) is 22.0 Å². The Labute approximate surface area is 120 Å². The fourth-order valence-corrected chi connectivity index (χ4v) is 3.39. The van der Waals surface area contributed by atoms with Crippen LogP contribution in [0.4, 0.5) is 11.4 Å². The van der Waals surface area contributed by atoms with E-state index in [1.165, 1.54) is 12.1 Å². The summed E-state index contributed by atoms with van der Waals surface area (Å²) in [5, 5.41) is 0. The molecule has 3 N–H and O–H groups in total.